The van der Waals surface area contributed by atoms with Crippen LogP contribution in [0, 0.1) is 0 Å². The Kier molecular flexibility index (Phi) is 3.90. The van der Waals surface area contributed by atoms with Crippen molar-refractivity contribution in [1.82, 2.24) is 0 Å². The molecule has 110 valence electrons. The molecule has 1 aliphatic rings. The predicted octanol–water partition coefficient (Wildman–Crippen LogP) is 4.68. The minimum Gasteiger partial charge on any atom is -0.335 e. The van der Waals surface area contributed by atoms with E-state index in [0.717, 1.165) is 6.16 Å². The molecule has 1 saturated heterocycles. The molecule has 2 unspecified atom stereocenters. The molecule has 1 fully saturated rings. The summed E-state index contributed by atoms with van der Waals surface area (Å²) in [5, 5.41) is 1.45. The van der Waals surface area contributed by atoms with Crippen molar-refractivity contribution >= 4 is 12.6 Å². The van der Waals surface area contributed by atoms with Gasteiger partial charge in [0.25, 0.3) is 0 Å². The maximum absolute atomic E-state index is 6.34. The Morgan fingerprint density at radius 1 is 1.00 bits per heavy atom. The molecule has 1 aliphatic heterocycles. The van der Waals surface area contributed by atoms with Gasteiger partial charge in [0.05, 0.1) is 31.0 Å². The maximum atomic E-state index is 6.34. The molecule has 1 nitrogen and oxygen atoms in total. The minimum atomic E-state index is -1.40. The largest absolute Gasteiger partial charge is 0.335 e. The highest BCUT2D eigenvalue weighted by atomic mass is 31.2. The van der Waals surface area contributed by atoms with Crippen LogP contribution >= 0.6 is 7.26 Å². The van der Waals surface area contributed by atoms with Crippen molar-refractivity contribution in [3.8, 4) is 0 Å². The third-order valence-electron chi connectivity index (χ3n) is 4.63. The summed E-state index contributed by atoms with van der Waals surface area (Å²) in [5.41, 5.74) is 1.43. The molecule has 3 rings (SSSR count). The van der Waals surface area contributed by atoms with Gasteiger partial charge in [-0.3, -0.25) is 0 Å². The number of hydrogen-bond acceptors (Lipinski definition) is 1. The molecule has 0 aliphatic carbocycles. The molecule has 1 heterocycles. The van der Waals surface area contributed by atoms with E-state index >= 15 is 0 Å². The van der Waals surface area contributed by atoms with Crippen LogP contribution in [0.3, 0.4) is 0 Å². The summed E-state index contributed by atoms with van der Waals surface area (Å²) in [4.78, 5) is 0. The smallest absolute Gasteiger partial charge is 0.176 e. The predicted molar refractivity (Wildman–Crippen MR) is 92.6 cm³/mol. The SMILES string of the molecule is CC1C[P+](Cc2ccccc2)(c2ccccc2)C(C)(C)O1. The Bertz CT molecular complexity index is 593. The molecule has 2 aromatic rings. The fourth-order valence-electron chi connectivity index (χ4n) is 3.66. The van der Waals surface area contributed by atoms with E-state index < -0.39 is 7.26 Å². The molecular formula is C19H24OP+. The van der Waals surface area contributed by atoms with Gasteiger partial charge >= 0.3 is 0 Å². The van der Waals surface area contributed by atoms with Crippen molar-refractivity contribution < 1.29 is 4.74 Å². The maximum Gasteiger partial charge on any atom is 0.176 e. The van der Waals surface area contributed by atoms with E-state index in [1.807, 2.05) is 0 Å². The van der Waals surface area contributed by atoms with E-state index in [0.29, 0.717) is 6.10 Å². The zero-order valence-electron chi connectivity index (χ0n) is 13.1. The highest BCUT2D eigenvalue weighted by Gasteiger charge is 2.61. The van der Waals surface area contributed by atoms with E-state index in [4.69, 9.17) is 4.74 Å². The Morgan fingerprint density at radius 2 is 1.57 bits per heavy atom. The van der Waals surface area contributed by atoms with Crippen molar-refractivity contribution in [2.45, 2.75) is 38.4 Å². The van der Waals surface area contributed by atoms with Crippen LogP contribution in [0.25, 0.3) is 0 Å². The molecule has 0 bridgehead atoms. The molecule has 21 heavy (non-hydrogen) atoms. The van der Waals surface area contributed by atoms with Crippen LogP contribution in [0.4, 0.5) is 0 Å². The standard InChI is InChI=1S/C19H24OP/c1-16-14-21(19(2,3)20-16,18-12-8-5-9-13-18)15-17-10-6-4-7-11-17/h4-13,16H,14-15H2,1-3H3/q+1. The molecule has 0 aromatic heterocycles. The summed E-state index contributed by atoms with van der Waals surface area (Å²) in [5.74, 6) is 0. The van der Waals surface area contributed by atoms with Crippen LogP contribution in [0.1, 0.15) is 26.3 Å². The lowest BCUT2D eigenvalue weighted by atomic mass is 10.2. The first-order chi connectivity index (χ1) is 10.0. The molecule has 0 amide bonds. The lowest BCUT2D eigenvalue weighted by Gasteiger charge is -2.33. The fraction of sp³-hybridized carbons (Fsp3) is 0.368. The summed E-state index contributed by atoms with van der Waals surface area (Å²) in [6.07, 6.45) is 2.66. The molecule has 0 saturated carbocycles. The van der Waals surface area contributed by atoms with Gasteiger partial charge in [-0.2, -0.15) is 0 Å². The molecule has 2 aromatic carbocycles. The van der Waals surface area contributed by atoms with Gasteiger partial charge in [-0.15, -0.1) is 0 Å². The van der Waals surface area contributed by atoms with Gasteiger partial charge in [0.2, 0.25) is 0 Å². The van der Waals surface area contributed by atoms with Crippen molar-refractivity contribution in [3.63, 3.8) is 0 Å². The number of benzene rings is 2. The van der Waals surface area contributed by atoms with Gasteiger partial charge in [0.15, 0.2) is 5.34 Å². The van der Waals surface area contributed by atoms with Crippen LogP contribution in [-0.2, 0) is 10.9 Å². The van der Waals surface area contributed by atoms with Crippen LogP contribution in [0.2, 0.25) is 0 Å². The molecule has 2 atom stereocenters. The van der Waals surface area contributed by atoms with Crippen LogP contribution in [0.5, 0.6) is 0 Å². The van der Waals surface area contributed by atoms with E-state index in [2.05, 4.69) is 81.4 Å². The second kappa shape index (κ2) is 5.55. The summed E-state index contributed by atoms with van der Waals surface area (Å²) < 4.78 is 6.34. The second-order valence-electron chi connectivity index (χ2n) is 6.50. The molecule has 0 spiro atoms. The summed E-state index contributed by atoms with van der Waals surface area (Å²) in [6, 6.07) is 21.9. The zero-order valence-corrected chi connectivity index (χ0v) is 14.0. The highest BCUT2D eigenvalue weighted by Crippen LogP contribution is 2.74. The van der Waals surface area contributed by atoms with Crippen molar-refractivity contribution in [3.05, 3.63) is 66.2 Å². The normalized spacial score (nSPS) is 27.7. The van der Waals surface area contributed by atoms with Gasteiger partial charge in [0.1, 0.15) is 0 Å². The fourth-order valence-corrected chi connectivity index (χ4v) is 8.54. The lowest BCUT2D eigenvalue weighted by Crippen LogP contribution is -2.30. The van der Waals surface area contributed by atoms with Crippen molar-refractivity contribution in [1.29, 1.82) is 0 Å². The van der Waals surface area contributed by atoms with Crippen LogP contribution in [0.15, 0.2) is 60.7 Å². The third-order valence-corrected chi connectivity index (χ3v) is 10.1. The molecule has 2 heteroatoms. The van der Waals surface area contributed by atoms with Gasteiger partial charge in [-0.25, -0.2) is 0 Å². The van der Waals surface area contributed by atoms with Gasteiger partial charge in [-0.05, 0) is 24.6 Å². The van der Waals surface area contributed by atoms with Gasteiger partial charge < -0.3 is 4.74 Å². The third kappa shape index (κ3) is 2.65. The molecule has 0 radical (unpaired) electrons. The lowest BCUT2D eigenvalue weighted by molar-refractivity contribution is 0.0232. The quantitative estimate of drug-likeness (QED) is 0.747. The topological polar surface area (TPSA) is 9.23 Å². The summed E-state index contributed by atoms with van der Waals surface area (Å²) in [6.45, 7) is 6.80. The Labute approximate surface area is 128 Å². The molecular weight excluding hydrogens is 275 g/mol. The average molecular weight is 299 g/mol. The molecule has 0 N–H and O–H groups in total. The highest BCUT2D eigenvalue weighted by molar-refractivity contribution is 7.83. The van der Waals surface area contributed by atoms with Gasteiger partial charge in [0, 0.05) is 13.8 Å². The monoisotopic (exact) mass is 299 g/mol. The summed E-state index contributed by atoms with van der Waals surface area (Å²) >= 11 is 0. The first-order valence-electron chi connectivity index (χ1n) is 7.68. The van der Waals surface area contributed by atoms with E-state index in [-0.39, 0.29) is 5.34 Å². The van der Waals surface area contributed by atoms with Crippen molar-refractivity contribution in [2.24, 2.45) is 0 Å². The van der Waals surface area contributed by atoms with Crippen LogP contribution < -0.4 is 5.30 Å². The minimum absolute atomic E-state index is 0.0520. The Morgan fingerprint density at radius 3 is 2.10 bits per heavy atom. The van der Waals surface area contributed by atoms with E-state index in [1.54, 1.807) is 0 Å². The van der Waals surface area contributed by atoms with E-state index in [1.165, 1.54) is 17.0 Å². The number of rotatable bonds is 3. The zero-order chi connectivity index (χ0) is 14.9. The van der Waals surface area contributed by atoms with E-state index in [9.17, 15) is 0 Å². The average Bonchev–Trinajstić information content (AvgIpc) is 2.70. The summed E-state index contributed by atoms with van der Waals surface area (Å²) in [7, 11) is -1.40. The second-order valence-corrected chi connectivity index (χ2v) is 10.7. The Balaban J connectivity index is 2.08. The number of ether oxygens (including phenoxy) is 1. The first-order valence-corrected chi connectivity index (χ1v) is 9.84. The Hall–Kier alpha value is -1.17. The van der Waals surface area contributed by atoms with Crippen molar-refractivity contribution in [2.75, 3.05) is 6.16 Å². The first kappa shape index (κ1) is 14.8. The number of hydrogen-bond donors (Lipinski definition) is 0. The van der Waals surface area contributed by atoms with Crippen LogP contribution in [-0.4, -0.2) is 17.6 Å². The van der Waals surface area contributed by atoms with Gasteiger partial charge in [-0.1, -0.05) is 48.5 Å².